The summed E-state index contributed by atoms with van der Waals surface area (Å²) < 4.78 is 0. The van der Waals surface area contributed by atoms with Gasteiger partial charge in [0.05, 0.1) is 0 Å². The van der Waals surface area contributed by atoms with E-state index in [1.54, 1.807) is 0 Å². The first-order valence-electron chi connectivity index (χ1n) is 16.5. The minimum atomic E-state index is 1.09. The van der Waals surface area contributed by atoms with Crippen molar-refractivity contribution in [3.05, 3.63) is 179 Å². The lowest BCUT2D eigenvalue weighted by atomic mass is 10.0. The van der Waals surface area contributed by atoms with E-state index < -0.39 is 0 Å². The molecule has 46 heavy (non-hydrogen) atoms. The van der Waals surface area contributed by atoms with Gasteiger partial charge in [-0.2, -0.15) is 0 Å². The second kappa shape index (κ2) is 14.3. The van der Waals surface area contributed by atoms with Gasteiger partial charge in [-0.3, -0.25) is 0 Å². The average molecular weight is 601 g/mol. The molecular formula is C44H44N2. The zero-order chi connectivity index (χ0) is 31.9. The van der Waals surface area contributed by atoms with Crippen molar-refractivity contribution < 1.29 is 0 Å². The highest BCUT2D eigenvalue weighted by atomic mass is 15.1. The lowest BCUT2D eigenvalue weighted by Crippen LogP contribution is -2.10. The van der Waals surface area contributed by atoms with Gasteiger partial charge in [0.2, 0.25) is 0 Å². The van der Waals surface area contributed by atoms with Crippen LogP contribution in [0.4, 0.5) is 34.1 Å². The van der Waals surface area contributed by atoms with Crippen molar-refractivity contribution in [2.45, 2.75) is 53.4 Å². The van der Waals surface area contributed by atoms with Crippen LogP contribution in [0.15, 0.2) is 146 Å². The highest BCUT2D eigenvalue weighted by Crippen LogP contribution is 2.36. The molecule has 0 unspecified atom stereocenters. The summed E-state index contributed by atoms with van der Waals surface area (Å²) in [4.78, 5) is 4.68. The minimum Gasteiger partial charge on any atom is -0.311 e. The Morgan fingerprint density at radius 1 is 0.283 bits per heavy atom. The minimum absolute atomic E-state index is 1.09. The van der Waals surface area contributed by atoms with Gasteiger partial charge in [0.25, 0.3) is 0 Å². The average Bonchev–Trinajstić information content (AvgIpc) is 3.08. The van der Waals surface area contributed by atoms with Crippen molar-refractivity contribution in [1.82, 2.24) is 0 Å². The first-order chi connectivity index (χ1) is 22.4. The van der Waals surface area contributed by atoms with E-state index in [1.165, 1.54) is 80.3 Å². The summed E-state index contributed by atoms with van der Waals surface area (Å²) in [5.74, 6) is 0. The Kier molecular flexibility index (Phi) is 9.65. The predicted molar refractivity (Wildman–Crippen MR) is 198 cm³/mol. The van der Waals surface area contributed by atoms with Crippen LogP contribution < -0.4 is 9.80 Å². The molecule has 0 amide bonds. The normalized spacial score (nSPS) is 11.0. The van der Waals surface area contributed by atoms with Crippen molar-refractivity contribution in [3.63, 3.8) is 0 Å². The molecule has 230 valence electrons. The van der Waals surface area contributed by atoms with Crippen LogP contribution in [0.2, 0.25) is 0 Å². The van der Waals surface area contributed by atoms with Crippen molar-refractivity contribution >= 4 is 34.1 Å². The van der Waals surface area contributed by atoms with Crippen LogP contribution in [-0.4, -0.2) is 0 Å². The lowest BCUT2D eigenvalue weighted by molar-refractivity contribution is 0.734. The summed E-state index contributed by atoms with van der Waals surface area (Å²) in [5, 5.41) is 0. The van der Waals surface area contributed by atoms with Gasteiger partial charge in [0.15, 0.2) is 0 Å². The fraction of sp³-hybridized carbons (Fsp3) is 0.182. The van der Waals surface area contributed by atoms with E-state index in [9.17, 15) is 0 Å². The van der Waals surface area contributed by atoms with Crippen molar-refractivity contribution in [3.8, 4) is 0 Å². The molecule has 0 saturated heterocycles. The monoisotopic (exact) mass is 600 g/mol. The topological polar surface area (TPSA) is 6.48 Å². The van der Waals surface area contributed by atoms with E-state index in [2.05, 4.69) is 183 Å². The number of unbranched alkanes of at least 4 members (excludes halogenated alkanes) is 1. The third-order valence-corrected chi connectivity index (χ3v) is 8.74. The Hall–Kier alpha value is -5.08. The molecule has 2 nitrogen and oxygen atoms in total. The SMILES string of the molecule is Cc1ccc(N(c2ccc(C)cc2)c2ccc(CCCCc3ccc(N(c4ccc(C)cc4)c4ccc(C)cc4)cc3)cc2)cc1. The van der Waals surface area contributed by atoms with E-state index in [0.717, 1.165) is 12.8 Å². The summed E-state index contributed by atoms with van der Waals surface area (Å²) in [6.45, 7) is 8.54. The van der Waals surface area contributed by atoms with Crippen LogP contribution in [0.5, 0.6) is 0 Å². The van der Waals surface area contributed by atoms with E-state index in [1.807, 2.05) is 0 Å². The molecule has 0 aliphatic carbocycles. The van der Waals surface area contributed by atoms with Crippen LogP contribution in [0.1, 0.15) is 46.2 Å². The number of hydrogen-bond acceptors (Lipinski definition) is 2. The third-order valence-electron chi connectivity index (χ3n) is 8.74. The van der Waals surface area contributed by atoms with E-state index in [4.69, 9.17) is 0 Å². The van der Waals surface area contributed by atoms with E-state index >= 15 is 0 Å². The molecule has 0 spiro atoms. The molecule has 0 N–H and O–H groups in total. The Morgan fingerprint density at radius 2 is 0.478 bits per heavy atom. The number of anilines is 6. The van der Waals surface area contributed by atoms with Gasteiger partial charge in [-0.05, 0) is 137 Å². The second-order valence-corrected chi connectivity index (χ2v) is 12.6. The highest BCUT2D eigenvalue weighted by Gasteiger charge is 2.14. The van der Waals surface area contributed by atoms with Gasteiger partial charge in [-0.15, -0.1) is 0 Å². The highest BCUT2D eigenvalue weighted by molar-refractivity contribution is 5.78. The standard InChI is InChI=1S/C44H44N2/c1-33-9-21-39(22-10-33)45(40-23-11-34(2)12-24-40)43-29-17-37(18-30-43)7-5-6-8-38-19-31-44(32-20-38)46(41-25-13-35(3)14-26-41)42-27-15-36(4)16-28-42/h9-32H,5-8H2,1-4H3. The quantitative estimate of drug-likeness (QED) is 0.137. The fourth-order valence-electron chi connectivity index (χ4n) is 5.95. The van der Waals surface area contributed by atoms with Gasteiger partial charge in [-0.25, -0.2) is 0 Å². The maximum atomic E-state index is 2.34. The van der Waals surface area contributed by atoms with E-state index in [0.29, 0.717) is 0 Å². The number of hydrogen-bond donors (Lipinski definition) is 0. The fourth-order valence-corrected chi connectivity index (χ4v) is 5.95. The molecule has 0 saturated carbocycles. The summed E-state index contributed by atoms with van der Waals surface area (Å²) in [6.07, 6.45) is 4.50. The van der Waals surface area contributed by atoms with Gasteiger partial charge >= 0.3 is 0 Å². The molecule has 0 aliphatic rings. The molecule has 0 aliphatic heterocycles. The molecule has 6 aromatic carbocycles. The summed E-state index contributed by atoms with van der Waals surface area (Å²) in [5.41, 5.74) is 14.9. The molecule has 0 atom stereocenters. The Bertz CT molecular complexity index is 1580. The lowest BCUT2D eigenvalue weighted by Gasteiger charge is -2.26. The Labute approximate surface area is 275 Å². The molecular weight excluding hydrogens is 556 g/mol. The zero-order valence-corrected chi connectivity index (χ0v) is 27.6. The van der Waals surface area contributed by atoms with Gasteiger partial charge in [-0.1, -0.05) is 95.1 Å². The third kappa shape index (κ3) is 7.58. The Morgan fingerprint density at radius 3 is 0.696 bits per heavy atom. The largest absolute Gasteiger partial charge is 0.311 e. The molecule has 2 heteroatoms. The van der Waals surface area contributed by atoms with Gasteiger partial charge in [0, 0.05) is 34.1 Å². The molecule has 6 aromatic rings. The molecule has 0 heterocycles. The summed E-state index contributed by atoms with van der Waals surface area (Å²) >= 11 is 0. The van der Waals surface area contributed by atoms with Crippen molar-refractivity contribution in [2.24, 2.45) is 0 Å². The predicted octanol–water partition coefficient (Wildman–Crippen LogP) is 12.4. The number of nitrogens with zero attached hydrogens (tertiary/aromatic N) is 2. The summed E-state index contributed by atoms with van der Waals surface area (Å²) in [7, 11) is 0. The van der Waals surface area contributed by atoms with Crippen molar-refractivity contribution in [1.29, 1.82) is 0 Å². The number of aryl methyl sites for hydroxylation is 6. The van der Waals surface area contributed by atoms with E-state index in [-0.39, 0.29) is 0 Å². The first-order valence-corrected chi connectivity index (χ1v) is 16.5. The van der Waals surface area contributed by atoms with Crippen LogP contribution in [0, 0.1) is 27.7 Å². The Balaban J connectivity index is 1.09. The molecule has 6 rings (SSSR count). The smallest absolute Gasteiger partial charge is 0.0461 e. The maximum absolute atomic E-state index is 2.34. The zero-order valence-electron chi connectivity index (χ0n) is 27.6. The van der Waals surface area contributed by atoms with Gasteiger partial charge in [0.1, 0.15) is 0 Å². The van der Waals surface area contributed by atoms with Crippen LogP contribution in [0.3, 0.4) is 0 Å². The molecule has 0 bridgehead atoms. The number of rotatable bonds is 11. The maximum Gasteiger partial charge on any atom is 0.0461 e. The van der Waals surface area contributed by atoms with Crippen molar-refractivity contribution in [2.75, 3.05) is 9.80 Å². The first kappa shape index (κ1) is 30.9. The second-order valence-electron chi connectivity index (χ2n) is 12.6. The molecule has 0 radical (unpaired) electrons. The summed E-state index contributed by atoms with van der Waals surface area (Å²) in [6, 6.07) is 53.4. The number of benzene rings is 6. The van der Waals surface area contributed by atoms with Gasteiger partial charge < -0.3 is 9.80 Å². The van der Waals surface area contributed by atoms with Crippen LogP contribution in [0.25, 0.3) is 0 Å². The van der Waals surface area contributed by atoms with Crippen LogP contribution in [-0.2, 0) is 12.8 Å². The molecule has 0 aromatic heterocycles. The van der Waals surface area contributed by atoms with Crippen LogP contribution >= 0.6 is 0 Å². The molecule has 0 fully saturated rings.